The van der Waals surface area contributed by atoms with Gasteiger partial charge in [0.1, 0.15) is 6.54 Å². The zero-order valence-electron chi connectivity index (χ0n) is 18.1. The van der Waals surface area contributed by atoms with Crippen LogP contribution in [0.5, 0.6) is 0 Å². The summed E-state index contributed by atoms with van der Waals surface area (Å²) < 4.78 is 2.29. The number of halogens is 1. The zero-order chi connectivity index (χ0) is 19.3. The van der Waals surface area contributed by atoms with Gasteiger partial charge in [-0.15, -0.1) is 0 Å². The van der Waals surface area contributed by atoms with Crippen LogP contribution >= 0.6 is 0 Å². The standard InChI is InChI=1S/C21H38N.CH2O3.ClH.Na/c1-2-3-4-5-6-7-8-9-10-11-12-13-14-16-19-22-20-17-15-18-21-22;2-1(3)4;;/h15,17-18,20-21H,2-14,16,19H2,1H3;(H2,2,3,4);1H;/q+1;;;+1/p-2. The molecule has 28 heavy (non-hydrogen) atoms. The van der Waals surface area contributed by atoms with E-state index in [-0.39, 0.29) is 42.0 Å². The molecule has 0 saturated carbocycles. The molecule has 0 aliphatic heterocycles. The summed E-state index contributed by atoms with van der Waals surface area (Å²) in [5, 5.41) is 15.3. The van der Waals surface area contributed by atoms with Crippen LogP contribution in [0.2, 0.25) is 0 Å². The fraction of sp³-hybridized carbons (Fsp3) is 0.727. The Morgan fingerprint density at radius 1 is 0.750 bits per heavy atom. The number of nitrogens with zero attached hydrogens (tertiary/aromatic N) is 1. The Kier molecular flexibility index (Phi) is 30.9. The van der Waals surface area contributed by atoms with Gasteiger partial charge in [-0.1, -0.05) is 90.0 Å². The van der Waals surface area contributed by atoms with Crippen molar-refractivity contribution in [3.8, 4) is 0 Å². The van der Waals surface area contributed by atoms with Crippen molar-refractivity contribution in [2.75, 3.05) is 0 Å². The monoisotopic (exact) mass is 423 g/mol. The van der Waals surface area contributed by atoms with Crippen LogP contribution in [-0.4, -0.2) is 11.3 Å². The van der Waals surface area contributed by atoms with Crippen LogP contribution in [0, 0.1) is 0 Å². The molecule has 0 aliphatic rings. The van der Waals surface area contributed by atoms with E-state index in [1.807, 2.05) is 0 Å². The van der Waals surface area contributed by atoms with Gasteiger partial charge in [0.15, 0.2) is 12.4 Å². The van der Waals surface area contributed by atoms with E-state index in [0.717, 1.165) is 0 Å². The van der Waals surface area contributed by atoms with E-state index in [1.165, 1.54) is 96.4 Å². The summed E-state index contributed by atoms with van der Waals surface area (Å²) in [6, 6.07) is 6.31. The molecule has 0 bridgehead atoms. The van der Waals surface area contributed by atoms with E-state index in [1.54, 1.807) is 0 Å². The molecule has 4 nitrogen and oxygen atoms in total. The first-order chi connectivity index (χ1) is 12.7. The topological polar surface area (TPSA) is 64.2 Å². The summed E-state index contributed by atoms with van der Waals surface area (Å²) in [7, 11) is 0. The molecule has 0 atom stereocenters. The van der Waals surface area contributed by atoms with Crippen LogP contribution in [0.3, 0.4) is 0 Å². The van der Waals surface area contributed by atoms with E-state index in [4.69, 9.17) is 15.0 Å². The molecule has 1 rings (SSSR count). The van der Waals surface area contributed by atoms with Crippen molar-refractivity contribution in [1.82, 2.24) is 0 Å². The van der Waals surface area contributed by atoms with Gasteiger partial charge in [-0.05, 0) is 6.42 Å². The van der Waals surface area contributed by atoms with Gasteiger partial charge in [0.05, 0.1) is 0 Å². The molecule has 1 N–H and O–H groups in total. The first-order valence-corrected chi connectivity index (χ1v) is 10.5. The van der Waals surface area contributed by atoms with E-state index >= 15 is 0 Å². The molecule has 0 fully saturated rings. The Hall–Kier alpha value is -0.290. The van der Waals surface area contributed by atoms with Crippen LogP contribution in [0.25, 0.3) is 0 Å². The van der Waals surface area contributed by atoms with Crippen LogP contribution in [-0.2, 0) is 6.54 Å². The molecular formula is C22H39ClNNaO3. The molecule has 6 heteroatoms. The number of carbonyl (C=O) groups is 1. The summed E-state index contributed by atoms with van der Waals surface area (Å²) >= 11 is 0. The quantitative estimate of drug-likeness (QED) is 0.232. The maximum absolute atomic E-state index is 8.44. The number of rotatable bonds is 15. The van der Waals surface area contributed by atoms with E-state index in [9.17, 15) is 0 Å². The summed E-state index contributed by atoms with van der Waals surface area (Å²) in [6.45, 7) is 3.47. The third-order valence-electron chi connectivity index (χ3n) is 4.55. The summed E-state index contributed by atoms with van der Waals surface area (Å²) in [4.78, 5) is 8.44. The van der Waals surface area contributed by atoms with Gasteiger partial charge in [0.25, 0.3) is 0 Å². The molecule has 0 aliphatic carbocycles. The van der Waals surface area contributed by atoms with Crippen molar-refractivity contribution in [3.05, 3.63) is 30.6 Å². The number of unbranched alkanes of at least 4 members (excludes halogenated alkanes) is 13. The van der Waals surface area contributed by atoms with Gasteiger partial charge >= 0.3 is 29.6 Å². The van der Waals surface area contributed by atoms with Crippen LogP contribution in [0.4, 0.5) is 4.79 Å². The third kappa shape index (κ3) is 27.9. The maximum atomic E-state index is 8.44. The second-order valence-electron chi connectivity index (χ2n) is 6.98. The van der Waals surface area contributed by atoms with Gasteiger partial charge in [-0.3, -0.25) is 0 Å². The average Bonchev–Trinajstić information content (AvgIpc) is 2.62. The number of aryl methyl sites for hydroxylation is 1. The van der Waals surface area contributed by atoms with Gasteiger partial charge in [0, 0.05) is 18.6 Å². The first kappa shape index (κ1) is 32.4. The van der Waals surface area contributed by atoms with Crippen LogP contribution in [0.1, 0.15) is 96.8 Å². The minimum Gasteiger partial charge on any atom is -1.00 e. The molecule has 0 radical (unpaired) electrons. The minimum absolute atomic E-state index is 0. The van der Waals surface area contributed by atoms with Gasteiger partial charge in [-0.2, -0.15) is 0 Å². The Morgan fingerprint density at radius 2 is 1.07 bits per heavy atom. The Morgan fingerprint density at radius 3 is 1.43 bits per heavy atom. The number of hydrogen-bond acceptors (Lipinski definition) is 2. The molecule has 158 valence electrons. The van der Waals surface area contributed by atoms with Crippen LogP contribution < -0.4 is 51.6 Å². The zero-order valence-corrected chi connectivity index (χ0v) is 20.8. The van der Waals surface area contributed by atoms with Crippen molar-refractivity contribution in [1.29, 1.82) is 0 Å². The van der Waals surface area contributed by atoms with E-state index in [2.05, 4.69) is 42.1 Å². The van der Waals surface area contributed by atoms with Gasteiger partial charge in [0.2, 0.25) is 6.16 Å². The summed E-state index contributed by atoms with van der Waals surface area (Å²) in [5.41, 5.74) is 0. The second kappa shape index (κ2) is 26.7. The molecule has 1 aromatic heterocycles. The Balaban J connectivity index is -0.000000948. The van der Waals surface area contributed by atoms with Crippen molar-refractivity contribution in [2.45, 2.75) is 103 Å². The van der Waals surface area contributed by atoms with Gasteiger partial charge in [-0.25, -0.2) is 4.57 Å². The normalized spacial score (nSPS) is 9.46. The first-order valence-electron chi connectivity index (χ1n) is 10.5. The molecule has 0 aromatic carbocycles. The third-order valence-corrected chi connectivity index (χ3v) is 4.55. The molecule has 0 spiro atoms. The van der Waals surface area contributed by atoms with Crippen molar-refractivity contribution in [3.63, 3.8) is 0 Å². The van der Waals surface area contributed by atoms with Crippen molar-refractivity contribution in [2.24, 2.45) is 0 Å². The molecule has 0 amide bonds. The predicted molar refractivity (Wildman–Crippen MR) is 105 cm³/mol. The predicted octanol–water partition coefficient (Wildman–Crippen LogP) is -0.649. The Labute approximate surface area is 200 Å². The molecule has 0 unspecified atom stereocenters. The summed E-state index contributed by atoms with van der Waals surface area (Å²) in [5.74, 6) is 0. The summed E-state index contributed by atoms with van der Waals surface area (Å²) in [6.07, 6.45) is 22.3. The number of aromatic nitrogens is 1. The maximum Gasteiger partial charge on any atom is 1.00 e. The fourth-order valence-corrected chi connectivity index (χ4v) is 3.07. The number of hydrogen-bond donors (Lipinski definition) is 1. The molecular weight excluding hydrogens is 385 g/mol. The molecule has 1 aromatic rings. The van der Waals surface area contributed by atoms with E-state index < -0.39 is 6.16 Å². The SMILES string of the molecule is CCCCCCCCCCCCCCCC[n+]1ccccc1.O=C([O-])O.[Cl-].[Na+]. The van der Waals surface area contributed by atoms with Crippen LogP contribution in [0.15, 0.2) is 30.6 Å². The average molecular weight is 424 g/mol. The van der Waals surface area contributed by atoms with Gasteiger partial charge < -0.3 is 27.4 Å². The molecule has 1 heterocycles. The van der Waals surface area contributed by atoms with Crippen molar-refractivity contribution >= 4 is 6.16 Å². The second-order valence-corrected chi connectivity index (χ2v) is 6.98. The smallest absolute Gasteiger partial charge is 1.00 e. The number of carboxylic acid groups (broad SMARTS) is 2. The van der Waals surface area contributed by atoms with E-state index in [0.29, 0.717) is 0 Å². The largest absolute Gasteiger partial charge is 1.00 e. The Bertz CT molecular complexity index is 418. The fourth-order valence-electron chi connectivity index (χ4n) is 3.07. The molecule has 0 saturated heterocycles. The minimum atomic E-state index is -2.08. The number of pyridine rings is 1. The van der Waals surface area contributed by atoms with Crippen molar-refractivity contribution < 1.29 is 61.5 Å².